The zero-order chi connectivity index (χ0) is 28.5. The maximum atomic E-state index is 5.52. The van der Waals surface area contributed by atoms with Crippen LogP contribution in [0.15, 0.2) is 48.7 Å². The highest BCUT2D eigenvalue weighted by atomic mass is 16.5. The Balaban J connectivity index is 1.34. The van der Waals surface area contributed by atoms with Gasteiger partial charge in [0, 0.05) is 51.0 Å². The molecule has 2 heterocycles. The van der Waals surface area contributed by atoms with E-state index < -0.39 is 0 Å². The second-order valence-corrected chi connectivity index (χ2v) is 9.40. The van der Waals surface area contributed by atoms with Crippen LogP contribution in [0.25, 0.3) is 17.3 Å². The molecule has 0 amide bonds. The van der Waals surface area contributed by atoms with Crippen LogP contribution in [0.1, 0.15) is 11.1 Å². The monoisotopic (exact) mass is 549 g/mol. The minimum Gasteiger partial charge on any atom is -0.493 e. The van der Waals surface area contributed by atoms with Crippen molar-refractivity contribution >= 4 is 6.08 Å². The maximum absolute atomic E-state index is 5.52. The molecule has 1 aliphatic rings. The number of methoxy groups -OCH3 is 6. The van der Waals surface area contributed by atoms with Crippen molar-refractivity contribution in [2.24, 2.45) is 0 Å². The molecular formula is C31H39N3O6. The molecule has 1 aromatic heterocycles. The Kier molecular flexibility index (Phi) is 10.1. The lowest BCUT2D eigenvalue weighted by Gasteiger charge is -2.34. The number of pyridine rings is 1. The van der Waals surface area contributed by atoms with Gasteiger partial charge in [-0.2, -0.15) is 0 Å². The molecule has 0 N–H and O–H groups in total. The van der Waals surface area contributed by atoms with Gasteiger partial charge in [-0.05, 0) is 47.5 Å². The van der Waals surface area contributed by atoms with Gasteiger partial charge in [0.15, 0.2) is 23.0 Å². The average Bonchev–Trinajstić information content (AvgIpc) is 3.00. The number of aromatic nitrogens is 1. The molecule has 2 aromatic carbocycles. The molecule has 40 heavy (non-hydrogen) atoms. The zero-order valence-corrected chi connectivity index (χ0v) is 24.2. The van der Waals surface area contributed by atoms with Gasteiger partial charge in [0.05, 0.1) is 48.4 Å². The summed E-state index contributed by atoms with van der Waals surface area (Å²) in [7, 11) is 9.71. The third-order valence-electron chi connectivity index (χ3n) is 7.02. The molecule has 9 nitrogen and oxygen atoms in total. The van der Waals surface area contributed by atoms with Crippen LogP contribution < -0.4 is 28.4 Å². The van der Waals surface area contributed by atoms with E-state index in [4.69, 9.17) is 28.4 Å². The largest absolute Gasteiger partial charge is 0.493 e. The van der Waals surface area contributed by atoms with Gasteiger partial charge in [0.1, 0.15) is 0 Å². The van der Waals surface area contributed by atoms with E-state index in [0.29, 0.717) is 34.5 Å². The van der Waals surface area contributed by atoms with Crippen LogP contribution in [0.2, 0.25) is 0 Å². The van der Waals surface area contributed by atoms with E-state index in [1.165, 1.54) is 5.56 Å². The highest BCUT2D eigenvalue weighted by Gasteiger charge is 2.18. The molecule has 0 radical (unpaired) electrons. The van der Waals surface area contributed by atoms with E-state index in [-0.39, 0.29) is 0 Å². The van der Waals surface area contributed by atoms with Crippen LogP contribution in [-0.4, -0.2) is 90.2 Å². The summed E-state index contributed by atoms with van der Waals surface area (Å²) < 4.78 is 32.8. The Labute approximate surface area is 236 Å². The molecule has 0 bridgehead atoms. The molecule has 4 rings (SSSR count). The van der Waals surface area contributed by atoms with Crippen molar-refractivity contribution in [2.75, 3.05) is 75.4 Å². The summed E-state index contributed by atoms with van der Waals surface area (Å²) in [5.41, 5.74) is 4.01. The Bertz CT molecular complexity index is 1250. The van der Waals surface area contributed by atoms with Crippen LogP contribution in [-0.2, 0) is 6.54 Å². The number of hydrogen-bond donors (Lipinski definition) is 0. The number of benzene rings is 2. The van der Waals surface area contributed by atoms with E-state index in [0.717, 1.165) is 56.1 Å². The summed E-state index contributed by atoms with van der Waals surface area (Å²) in [5.74, 6) is 3.70. The molecule has 9 heteroatoms. The van der Waals surface area contributed by atoms with Crippen LogP contribution in [0.4, 0.5) is 0 Å². The number of rotatable bonds is 12. The Morgan fingerprint density at radius 2 is 1.20 bits per heavy atom. The topological polar surface area (TPSA) is 74.8 Å². The predicted octanol–water partition coefficient (Wildman–Crippen LogP) is 4.63. The van der Waals surface area contributed by atoms with Gasteiger partial charge >= 0.3 is 0 Å². The Hall–Kier alpha value is -3.95. The van der Waals surface area contributed by atoms with Crippen molar-refractivity contribution in [1.29, 1.82) is 0 Å². The van der Waals surface area contributed by atoms with Gasteiger partial charge < -0.3 is 28.4 Å². The summed E-state index contributed by atoms with van der Waals surface area (Å²) in [6.07, 6.45) is 6.14. The Morgan fingerprint density at radius 1 is 0.675 bits per heavy atom. The molecule has 0 atom stereocenters. The van der Waals surface area contributed by atoms with Crippen molar-refractivity contribution in [3.05, 3.63) is 59.8 Å². The van der Waals surface area contributed by atoms with E-state index in [9.17, 15) is 0 Å². The fourth-order valence-electron chi connectivity index (χ4n) is 4.88. The second kappa shape index (κ2) is 13.9. The van der Waals surface area contributed by atoms with Crippen molar-refractivity contribution in [3.63, 3.8) is 0 Å². The lowest BCUT2D eigenvalue weighted by molar-refractivity contribution is 0.137. The van der Waals surface area contributed by atoms with Crippen molar-refractivity contribution in [1.82, 2.24) is 14.8 Å². The molecule has 0 spiro atoms. The number of ether oxygens (including phenoxy) is 6. The predicted molar refractivity (Wildman–Crippen MR) is 156 cm³/mol. The van der Waals surface area contributed by atoms with Gasteiger partial charge in [0.2, 0.25) is 11.5 Å². The van der Waals surface area contributed by atoms with Gasteiger partial charge in [-0.15, -0.1) is 0 Å². The number of piperazine rings is 1. The SMILES string of the molecule is COc1cc(/C=C/CN2CCN(Cc3ccnc(-c4cc(OC)c(OC)c(OC)c4)c3)CC2)cc(OC)c1OC. The lowest BCUT2D eigenvalue weighted by atomic mass is 10.1. The van der Waals surface area contributed by atoms with E-state index >= 15 is 0 Å². The summed E-state index contributed by atoms with van der Waals surface area (Å²) in [4.78, 5) is 9.54. The van der Waals surface area contributed by atoms with Gasteiger partial charge in [-0.3, -0.25) is 14.8 Å². The van der Waals surface area contributed by atoms with Crippen LogP contribution in [0.3, 0.4) is 0 Å². The fraction of sp³-hybridized carbons (Fsp3) is 0.387. The molecule has 1 fully saturated rings. The third-order valence-corrected chi connectivity index (χ3v) is 7.02. The van der Waals surface area contributed by atoms with Crippen molar-refractivity contribution in [2.45, 2.75) is 6.54 Å². The summed E-state index contributed by atoms with van der Waals surface area (Å²) in [6, 6.07) is 12.0. The zero-order valence-electron chi connectivity index (χ0n) is 24.2. The van der Waals surface area contributed by atoms with Crippen molar-refractivity contribution < 1.29 is 28.4 Å². The normalized spacial score (nSPS) is 14.2. The molecular weight excluding hydrogens is 510 g/mol. The lowest BCUT2D eigenvalue weighted by Crippen LogP contribution is -2.45. The quantitative estimate of drug-likeness (QED) is 0.321. The highest BCUT2D eigenvalue weighted by molar-refractivity contribution is 5.69. The van der Waals surface area contributed by atoms with Gasteiger partial charge in [0.25, 0.3) is 0 Å². The van der Waals surface area contributed by atoms with Gasteiger partial charge in [-0.25, -0.2) is 0 Å². The second-order valence-electron chi connectivity index (χ2n) is 9.40. The molecule has 214 valence electrons. The first-order valence-corrected chi connectivity index (χ1v) is 13.2. The number of nitrogens with zero attached hydrogens (tertiary/aromatic N) is 3. The van der Waals surface area contributed by atoms with Crippen LogP contribution in [0.5, 0.6) is 34.5 Å². The standard InChI is InChI=1S/C31H39N3O6/c1-35-26-17-22(18-27(36-2)30(26)39-5)8-7-11-33-12-14-34(15-13-33)21-23-9-10-32-25(16-23)24-19-28(37-3)31(40-6)29(20-24)38-4/h7-10,16-20H,11-15,21H2,1-6H3/b8-7+. The minimum absolute atomic E-state index is 0.570. The molecule has 0 unspecified atom stereocenters. The van der Waals surface area contributed by atoms with Crippen LogP contribution in [0, 0.1) is 0 Å². The first-order chi connectivity index (χ1) is 19.5. The first-order valence-electron chi connectivity index (χ1n) is 13.2. The van der Waals surface area contributed by atoms with E-state index in [2.05, 4.69) is 39.1 Å². The summed E-state index contributed by atoms with van der Waals surface area (Å²) in [6.45, 7) is 5.76. The molecule has 1 aliphatic heterocycles. The highest BCUT2D eigenvalue weighted by Crippen LogP contribution is 2.41. The molecule has 0 saturated carbocycles. The van der Waals surface area contributed by atoms with E-state index in [1.807, 2.05) is 30.5 Å². The van der Waals surface area contributed by atoms with Crippen LogP contribution >= 0.6 is 0 Å². The molecule has 1 saturated heterocycles. The Morgan fingerprint density at radius 3 is 1.73 bits per heavy atom. The molecule has 0 aliphatic carbocycles. The van der Waals surface area contributed by atoms with Gasteiger partial charge in [-0.1, -0.05) is 12.2 Å². The number of hydrogen-bond acceptors (Lipinski definition) is 9. The maximum Gasteiger partial charge on any atom is 0.203 e. The summed E-state index contributed by atoms with van der Waals surface area (Å²) >= 11 is 0. The fourth-order valence-corrected chi connectivity index (χ4v) is 4.88. The molecule has 3 aromatic rings. The average molecular weight is 550 g/mol. The summed E-state index contributed by atoms with van der Waals surface area (Å²) in [5, 5.41) is 0. The first kappa shape index (κ1) is 29.0. The minimum atomic E-state index is 0.570. The van der Waals surface area contributed by atoms with Crippen molar-refractivity contribution in [3.8, 4) is 45.8 Å². The smallest absolute Gasteiger partial charge is 0.203 e. The third kappa shape index (κ3) is 6.78. The van der Waals surface area contributed by atoms with E-state index in [1.54, 1.807) is 42.7 Å².